The molecule has 0 aliphatic carbocycles. The molecule has 0 atom stereocenters. The monoisotopic (exact) mass is 300 g/mol. The molecule has 5 nitrogen and oxygen atoms in total. The number of para-hydroxylation sites is 2. The number of aryl methyl sites for hydroxylation is 1. The summed E-state index contributed by atoms with van der Waals surface area (Å²) in [5, 5.41) is 10.8. The highest BCUT2D eigenvalue weighted by Crippen LogP contribution is 2.28. The number of rotatable bonds is 4. The quantitative estimate of drug-likeness (QED) is 0.407. The zero-order chi connectivity index (χ0) is 14.8. The summed E-state index contributed by atoms with van der Waals surface area (Å²) in [4.78, 5) is 15.8. The fourth-order valence-electron chi connectivity index (χ4n) is 2.05. The van der Waals surface area contributed by atoms with Gasteiger partial charge in [0.05, 0.1) is 10.7 Å². The molecule has 0 aliphatic heterocycles. The van der Waals surface area contributed by atoms with Crippen LogP contribution in [0.25, 0.3) is 11.1 Å². The minimum Gasteiger partial charge on any atom is -0.440 e. The summed E-state index contributed by atoms with van der Waals surface area (Å²) in [7, 11) is 0. The van der Waals surface area contributed by atoms with Crippen LogP contribution in [0.1, 0.15) is 11.5 Å². The van der Waals surface area contributed by atoms with Crippen molar-refractivity contribution in [3.05, 3.63) is 64.0 Å². The predicted molar refractivity (Wildman–Crippen MR) is 81.4 cm³/mol. The Morgan fingerprint density at radius 1 is 1.29 bits per heavy atom. The zero-order valence-corrected chi connectivity index (χ0v) is 12.1. The summed E-state index contributed by atoms with van der Waals surface area (Å²) in [5.41, 5.74) is 2.41. The molecule has 0 radical (unpaired) electrons. The number of aromatic nitrogens is 1. The molecule has 0 N–H and O–H groups in total. The minimum absolute atomic E-state index is 0.140. The molecule has 0 unspecified atom stereocenters. The van der Waals surface area contributed by atoms with Crippen LogP contribution in [0.5, 0.6) is 0 Å². The standard InChI is InChI=1S/C15H12N2O3S/c1-10-8-11(6-7-13(10)17(18)19)21-9-15-16-12-4-2-3-5-14(12)20-15/h2-8H,9H2,1H3. The summed E-state index contributed by atoms with van der Waals surface area (Å²) in [6.45, 7) is 1.74. The number of oxazole rings is 1. The third-order valence-electron chi connectivity index (χ3n) is 3.07. The molecule has 0 aliphatic rings. The number of hydrogen-bond acceptors (Lipinski definition) is 5. The van der Waals surface area contributed by atoms with Crippen molar-refractivity contribution in [1.82, 2.24) is 4.98 Å². The molecule has 2 aromatic carbocycles. The van der Waals surface area contributed by atoms with Crippen LogP contribution < -0.4 is 0 Å². The second-order valence-corrected chi connectivity index (χ2v) is 5.62. The van der Waals surface area contributed by atoms with Gasteiger partial charge in [0, 0.05) is 16.5 Å². The van der Waals surface area contributed by atoms with E-state index >= 15 is 0 Å². The Labute approximate surface area is 125 Å². The highest BCUT2D eigenvalue weighted by atomic mass is 32.2. The van der Waals surface area contributed by atoms with E-state index in [1.165, 1.54) is 6.07 Å². The van der Waals surface area contributed by atoms with E-state index in [0.29, 0.717) is 17.2 Å². The summed E-state index contributed by atoms with van der Waals surface area (Å²) < 4.78 is 5.64. The highest BCUT2D eigenvalue weighted by Gasteiger charge is 2.11. The molecule has 1 aromatic heterocycles. The van der Waals surface area contributed by atoms with E-state index in [-0.39, 0.29) is 10.6 Å². The lowest BCUT2D eigenvalue weighted by atomic mass is 10.2. The maximum absolute atomic E-state index is 10.8. The number of hydrogen-bond donors (Lipinski definition) is 0. The Morgan fingerprint density at radius 3 is 2.81 bits per heavy atom. The molecule has 21 heavy (non-hydrogen) atoms. The molecule has 0 bridgehead atoms. The first-order valence-corrected chi connectivity index (χ1v) is 7.34. The second kappa shape index (κ2) is 5.57. The fraction of sp³-hybridized carbons (Fsp3) is 0.133. The van der Waals surface area contributed by atoms with Crippen LogP contribution in [-0.2, 0) is 5.75 Å². The van der Waals surface area contributed by atoms with Crippen molar-refractivity contribution in [3.63, 3.8) is 0 Å². The molecular formula is C15H12N2O3S. The van der Waals surface area contributed by atoms with Crippen molar-refractivity contribution in [2.24, 2.45) is 0 Å². The van der Waals surface area contributed by atoms with E-state index in [4.69, 9.17) is 4.42 Å². The van der Waals surface area contributed by atoms with Gasteiger partial charge >= 0.3 is 0 Å². The normalized spacial score (nSPS) is 10.9. The van der Waals surface area contributed by atoms with Crippen molar-refractivity contribution < 1.29 is 9.34 Å². The van der Waals surface area contributed by atoms with E-state index in [9.17, 15) is 10.1 Å². The van der Waals surface area contributed by atoms with Gasteiger partial charge in [-0.1, -0.05) is 12.1 Å². The number of thioether (sulfide) groups is 1. The molecule has 0 spiro atoms. The topological polar surface area (TPSA) is 69.2 Å². The average Bonchev–Trinajstić information content (AvgIpc) is 2.87. The third kappa shape index (κ3) is 2.90. The van der Waals surface area contributed by atoms with Gasteiger partial charge in [0.15, 0.2) is 5.58 Å². The molecule has 0 amide bonds. The molecule has 3 aromatic rings. The minimum atomic E-state index is -0.370. The maximum Gasteiger partial charge on any atom is 0.272 e. The Balaban J connectivity index is 1.75. The van der Waals surface area contributed by atoms with Crippen LogP contribution in [0.15, 0.2) is 51.8 Å². The van der Waals surface area contributed by atoms with Crippen LogP contribution >= 0.6 is 11.8 Å². The van der Waals surface area contributed by atoms with Crippen molar-refractivity contribution in [2.75, 3.05) is 0 Å². The van der Waals surface area contributed by atoms with Crippen molar-refractivity contribution in [1.29, 1.82) is 0 Å². The molecule has 0 fully saturated rings. The van der Waals surface area contributed by atoms with Gasteiger partial charge in [0.25, 0.3) is 5.69 Å². The SMILES string of the molecule is Cc1cc(SCc2nc3ccccc3o2)ccc1[N+](=O)[O-]. The first-order chi connectivity index (χ1) is 10.1. The smallest absolute Gasteiger partial charge is 0.272 e. The van der Waals surface area contributed by atoms with Gasteiger partial charge in [-0.2, -0.15) is 0 Å². The second-order valence-electron chi connectivity index (χ2n) is 4.57. The van der Waals surface area contributed by atoms with E-state index in [0.717, 1.165) is 16.0 Å². The molecular weight excluding hydrogens is 288 g/mol. The van der Waals surface area contributed by atoms with Gasteiger partial charge in [-0.25, -0.2) is 4.98 Å². The van der Waals surface area contributed by atoms with Gasteiger partial charge in [0.2, 0.25) is 5.89 Å². The van der Waals surface area contributed by atoms with E-state index < -0.39 is 0 Å². The third-order valence-corrected chi connectivity index (χ3v) is 4.04. The van der Waals surface area contributed by atoms with Crippen LogP contribution in [-0.4, -0.2) is 9.91 Å². The lowest BCUT2D eigenvalue weighted by Gasteiger charge is -2.01. The first kappa shape index (κ1) is 13.6. The van der Waals surface area contributed by atoms with Crippen molar-refractivity contribution in [2.45, 2.75) is 17.6 Å². The average molecular weight is 300 g/mol. The highest BCUT2D eigenvalue weighted by molar-refractivity contribution is 7.98. The van der Waals surface area contributed by atoms with Gasteiger partial charge < -0.3 is 4.42 Å². The molecule has 106 valence electrons. The summed E-state index contributed by atoms with van der Waals surface area (Å²) in [6, 6.07) is 12.7. The van der Waals surface area contributed by atoms with Gasteiger partial charge in [-0.3, -0.25) is 10.1 Å². The predicted octanol–water partition coefficient (Wildman–Crippen LogP) is 4.34. The largest absolute Gasteiger partial charge is 0.440 e. The van der Waals surface area contributed by atoms with E-state index in [1.807, 2.05) is 30.3 Å². The van der Waals surface area contributed by atoms with E-state index in [1.54, 1.807) is 24.8 Å². The van der Waals surface area contributed by atoms with Gasteiger partial charge in [-0.05, 0) is 31.2 Å². The van der Waals surface area contributed by atoms with Crippen LogP contribution in [0.3, 0.4) is 0 Å². The molecule has 0 saturated heterocycles. The fourth-order valence-corrected chi connectivity index (χ4v) is 2.89. The summed E-state index contributed by atoms with van der Waals surface area (Å²) in [6.07, 6.45) is 0. The number of fused-ring (bicyclic) bond motifs is 1. The Hall–Kier alpha value is -2.34. The first-order valence-electron chi connectivity index (χ1n) is 6.36. The number of benzene rings is 2. The molecule has 3 rings (SSSR count). The Morgan fingerprint density at radius 2 is 2.10 bits per heavy atom. The lowest BCUT2D eigenvalue weighted by molar-refractivity contribution is -0.385. The van der Waals surface area contributed by atoms with Gasteiger partial charge in [-0.15, -0.1) is 11.8 Å². The maximum atomic E-state index is 10.8. The van der Waals surface area contributed by atoms with Crippen LogP contribution in [0.4, 0.5) is 5.69 Å². The van der Waals surface area contributed by atoms with Crippen molar-refractivity contribution >= 4 is 28.5 Å². The molecule has 6 heteroatoms. The number of nitro benzene ring substituents is 1. The summed E-state index contributed by atoms with van der Waals surface area (Å²) >= 11 is 1.54. The van der Waals surface area contributed by atoms with Crippen LogP contribution in [0.2, 0.25) is 0 Å². The van der Waals surface area contributed by atoms with E-state index in [2.05, 4.69) is 4.98 Å². The summed E-state index contributed by atoms with van der Waals surface area (Å²) in [5.74, 6) is 1.24. The Kier molecular flexibility index (Phi) is 3.62. The van der Waals surface area contributed by atoms with Crippen molar-refractivity contribution in [3.8, 4) is 0 Å². The van der Waals surface area contributed by atoms with Gasteiger partial charge in [0.1, 0.15) is 5.52 Å². The lowest BCUT2D eigenvalue weighted by Crippen LogP contribution is -1.91. The Bertz CT molecular complexity index is 781. The van der Waals surface area contributed by atoms with Crippen LogP contribution in [0, 0.1) is 17.0 Å². The zero-order valence-electron chi connectivity index (χ0n) is 11.3. The number of nitrogens with zero attached hydrogens (tertiary/aromatic N) is 2. The molecule has 1 heterocycles. The molecule has 0 saturated carbocycles. The number of nitro groups is 1.